The lowest BCUT2D eigenvalue weighted by atomic mass is 10.0. The van der Waals surface area contributed by atoms with Crippen molar-refractivity contribution in [1.29, 1.82) is 0 Å². The Labute approximate surface area is 534 Å². The molecule has 0 amide bonds. The van der Waals surface area contributed by atoms with Crippen LogP contribution in [0.2, 0.25) is 0 Å². The first-order chi connectivity index (χ1) is 42.6. The molecule has 0 aromatic carbocycles. The van der Waals surface area contributed by atoms with Crippen molar-refractivity contribution in [2.24, 2.45) is 0 Å². The number of quaternary nitrogens is 1. The van der Waals surface area contributed by atoms with Crippen molar-refractivity contribution in [1.82, 2.24) is 0 Å². The van der Waals surface area contributed by atoms with E-state index in [2.05, 4.69) is 160 Å². The first-order valence-electron chi connectivity index (χ1n) is 35.0. The normalized spacial score (nSPS) is 13.6. The summed E-state index contributed by atoms with van der Waals surface area (Å²) in [5, 5.41) is 11.8. The molecule has 0 aliphatic rings. The van der Waals surface area contributed by atoms with Crippen LogP contribution < -0.4 is 5.11 Å². The second-order valence-corrected chi connectivity index (χ2v) is 24.1. The summed E-state index contributed by atoms with van der Waals surface area (Å²) in [4.78, 5) is 37.4. The van der Waals surface area contributed by atoms with E-state index in [0.717, 1.165) is 122 Å². The molecule has 0 rings (SSSR count). The van der Waals surface area contributed by atoms with Crippen LogP contribution in [0, 0.1) is 0 Å². The van der Waals surface area contributed by atoms with Crippen LogP contribution in [0.5, 0.6) is 0 Å². The van der Waals surface area contributed by atoms with Gasteiger partial charge >= 0.3 is 11.9 Å². The summed E-state index contributed by atoms with van der Waals surface area (Å²) < 4.78 is 22.7. The second-order valence-electron chi connectivity index (χ2n) is 24.1. The van der Waals surface area contributed by atoms with Crippen LogP contribution in [0.3, 0.4) is 0 Å². The van der Waals surface area contributed by atoms with Gasteiger partial charge in [0.1, 0.15) is 13.2 Å². The zero-order chi connectivity index (χ0) is 63.3. The van der Waals surface area contributed by atoms with E-state index < -0.39 is 24.3 Å². The fraction of sp³-hybridized carbons (Fsp3) is 0.654. The highest BCUT2D eigenvalue weighted by Crippen LogP contribution is 2.17. The van der Waals surface area contributed by atoms with Crippen molar-refractivity contribution in [2.45, 2.75) is 283 Å². The maximum atomic E-state index is 12.9. The summed E-state index contributed by atoms with van der Waals surface area (Å²) in [6.07, 6.45) is 95.0. The summed E-state index contributed by atoms with van der Waals surface area (Å²) in [5.74, 6) is -2.32. The van der Waals surface area contributed by atoms with E-state index >= 15 is 0 Å². The Kier molecular flexibility index (Phi) is 63.4. The largest absolute Gasteiger partial charge is 0.545 e. The fourth-order valence-corrected chi connectivity index (χ4v) is 9.28. The Morgan fingerprint density at radius 1 is 0.356 bits per heavy atom. The third-order valence-electron chi connectivity index (χ3n) is 14.6. The second kappa shape index (κ2) is 67.1. The van der Waals surface area contributed by atoms with Gasteiger partial charge in [-0.2, -0.15) is 0 Å². The number of carboxylic acids is 1. The van der Waals surface area contributed by atoms with Crippen LogP contribution in [0.15, 0.2) is 146 Å². The third kappa shape index (κ3) is 68.5. The number of hydrogen-bond donors (Lipinski definition) is 0. The predicted molar refractivity (Wildman–Crippen MR) is 370 cm³/mol. The van der Waals surface area contributed by atoms with Crippen LogP contribution in [-0.4, -0.2) is 82.3 Å². The Morgan fingerprint density at radius 3 is 0.977 bits per heavy atom. The monoisotopic (exact) mass is 1210 g/mol. The molecule has 0 spiro atoms. The molecule has 0 saturated carbocycles. The topological polar surface area (TPSA) is 111 Å². The molecule has 0 saturated heterocycles. The molecule has 0 radical (unpaired) electrons. The molecule has 494 valence electrons. The number of likely N-dealkylation sites (N-methyl/N-ethyl adjacent to an activating group) is 1. The molecule has 0 N–H and O–H groups in total. The van der Waals surface area contributed by atoms with Gasteiger partial charge in [0, 0.05) is 12.8 Å². The quantitative estimate of drug-likeness (QED) is 0.0195. The number of unbranched alkanes of at least 4 members (excludes halogenated alkanes) is 24. The van der Waals surface area contributed by atoms with Gasteiger partial charge in [-0.15, -0.1) is 0 Å². The van der Waals surface area contributed by atoms with Crippen LogP contribution in [0.1, 0.15) is 271 Å². The number of nitrogens with zero attached hydrogens (tertiary/aromatic N) is 1. The molecule has 0 bridgehead atoms. The van der Waals surface area contributed by atoms with Crippen molar-refractivity contribution < 1.29 is 42.9 Å². The molecule has 0 aromatic rings. The number of hydrogen-bond acceptors (Lipinski definition) is 8. The van der Waals surface area contributed by atoms with E-state index in [1.807, 2.05) is 21.1 Å². The summed E-state index contributed by atoms with van der Waals surface area (Å²) in [5.41, 5.74) is 0. The molecule has 9 nitrogen and oxygen atoms in total. The number of carbonyl (C=O) groups excluding carboxylic acids is 3. The number of ether oxygens (including phenoxy) is 4. The van der Waals surface area contributed by atoms with E-state index in [1.165, 1.54) is 116 Å². The van der Waals surface area contributed by atoms with Gasteiger partial charge in [-0.3, -0.25) is 9.59 Å². The number of carboxylic acid groups (broad SMARTS) is 1. The molecule has 9 heteroatoms. The minimum absolute atomic E-state index is 0.137. The molecular weight excluding hydrogens is 1080 g/mol. The predicted octanol–water partition coefficient (Wildman–Crippen LogP) is 20.6. The standard InChI is InChI=1S/C78H129NO8/c1-6-8-10-12-14-16-18-20-22-24-26-28-29-30-31-32-33-34-35-36-37-38-39-40-41-42-43-44-45-46-47-49-51-53-55-57-59-61-63-65-67-69-76(81)87-74(73-86-78(77(82)83)84-71-70-79(3,4)5)72-85-75(80)68-66-64-62-60-58-56-54-52-50-48-27-25-23-21-19-17-15-13-11-9-7-2/h8,10,14,16,20,22,26,28,30-31,33-34,36-37,39-40,42-43,45-46,49,51,55,57,74,78H,6-7,9,11-13,15,17-19,21,23-25,27,29,32,35,38,41,44,47-48,50,52-54,56,58-73H2,1-5H3/b10-8-,16-14-,22-20-,28-26-,31-30-,34-33-,37-36-,40-39-,43-42-,46-45-,51-49-,57-55-. The molecule has 0 fully saturated rings. The highest BCUT2D eigenvalue weighted by atomic mass is 16.7. The van der Waals surface area contributed by atoms with Crippen LogP contribution >= 0.6 is 0 Å². The number of aliphatic carboxylic acids is 1. The van der Waals surface area contributed by atoms with E-state index in [4.69, 9.17) is 18.9 Å². The summed E-state index contributed by atoms with van der Waals surface area (Å²) in [6, 6.07) is 0. The Morgan fingerprint density at radius 2 is 0.655 bits per heavy atom. The lowest BCUT2D eigenvalue weighted by Gasteiger charge is -2.26. The summed E-state index contributed by atoms with van der Waals surface area (Å²) in [7, 11) is 5.91. The van der Waals surface area contributed by atoms with E-state index in [1.54, 1.807) is 0 Å². The maximum absolute atomic E-state index is 12.9. The van der Waals surface area contributed by atoms with Gasteiger partial charge in [-0.25, -0.2) is 0 Å². The fourth-order valence-electron chi connectivity index (χ4n) is 9.28. The smallest absolute Gasteiger partial charge is 0.306 e. The molecule has 0 heterocycles. The number of esters is 2. The zero-order valence-electron chi connectivity index (χ0n) is 56.3. The zero-order valence-corrected chi connectivity index (χ0v) is 56.3. The van der Waals surface area contributed by atoms with Crippen molar-refractivity contribution in [3.8, 4) is 0 Å². The minimum atomic E-state index is -1.64. The number of carbonyl (C=O) groups is 3. The van der Waals surface area contributed by atoms with Gasteiger partial charge in [0.25, 0.3) is 0 Å². The lowest BCUT2D eigenvalue weighted by molar-refractivity contribution is -0.870. The van der Waals surface area contributed by atoms with Gasteiger partial charge in [0.05, 0.1) is 40.3 Å². The lowest BCUT2D eigenvalue weighted by Crippen LogP contribution is -2.44. The van der Waals surface area contributed by atoms with Crippen molar-refractivity contribution in [3.05, 3.63) is 146 Å². The van der Waals surface area contributed by atoms with Crippen molar-refractivity contribution in [3.63, 3.8) is 0 Å². The molecule has 2 unspecified atom stereocenters. The SMILES string of the molecule is CC/C=C\C/C=C\C/C=C\C/C=C\C/C=C\C/C=C\C/C=C\C/C=C\C/C=C\C/C=C\C/C=C\C/C=C\CCCCCCC(=O)OC(COC(=O)CCCCCCCCCCCCCCCCCCCCCCC)COC(OCC[N+](C)(C)C)C(=O)[O-]. The molecule has 87 heavy (non-hydrogen) atoms. The van der Waals surface area contributed by atoms with Crippen molar-refractivity contribution in [2.75, 3.05) is 47.5 Å². The van der Waals surface area contributed by atoms with E-state index in [9.17, 15) is 19.5 Å². The van der Waals surface area contributed by atoms with Gasteiger partial charge in [0.2, 0.25) is 0 Å². The van der Waals surface area contributed by atoms with E-state index in [-0.39, 0.29) is 38.6 Å². The van der Waals surface area contributed by atoms with Gasteiger partial charge in [-0.05, 0) is 103 Å². The van der Waals surface area contributed by atoms with Crippen LogP contribution in [-0.2, 0) is 33.3 Å². The third-order valence-corrected chi connectivity index (χ3v) is 14.6. The van der Waals surface area contributed by atoms with Crippen LogP contribution in [0.4, 0.5) is 0 Å². The van der Waals surface area contributed by atoms with Crippen molar-refractivity contribution >= 4 is 17.9 Å². The average molecular weight is 1210 g/mol. The molecule has 0 aliphatic heterocycles. The van der Waals surface area contributed by atoms with Gasteiger partial charge in [0.15, 0.2) is 12.4 Å². The first-order valence-corrected chi connectivity index (χ1v) is 35.0. The van der Waals surface area contributed by atoms with Gasteiger partial charge < -0.3 is 33.3 Å². The first kappa shape index (κ1) is 82.2. The number of allylic oxidation sites excluding steroid dienone is 24. The summed E-state index contributed by atoms with van der Waals surface area (Å²) >= 11 is 0. The highest BCUT2D eigenvalue weighted by molar-refractivity contribution is 5.70. The van der Waals surface area contributed by atoms with Crippen LogP contribution in [0.25, 0.3) is 0 Å². The average Bonchev–Trinajstić information content (AvgIpc) is 3.59. The highest BCUT2D eigenvalue weighted by Gasteiger charge is 2.22. The molecule has 0 aromatic heterocycles. The molecule has 2 atom stereocenters. The Bertz CT molecular complexity index is 1940. The summed E-state index contributed by atoms with van der Waals surface area (Å²) in [6.45, 7) is 4.61. The maximum Gasteiger partial charge on any atom is 0.306 e. The molecular formula is C78H129NO8. The Hall–Kier alpha value is -4.83. The Balaban J connectivity index is 4.22. The number of rotatable bonds is 63. The molecule has 0 aliphatic carbocycles. The minimum Gasteiger partial charge on any atom is -0.545 e. The van der Waals surface area contributed by atoms with Gasteiger partial charge in [-0.1, -0.05) is 301 Å². The van der Waals surface area contributed by atoms with E-state index in [0.29, 0.717) is 17.4 Å².